The van der Waals surface area contributed by atoms with Gasteiger partial charge in [0.2, 0.25) is 0 Å². The van der Waals surface area contributed by atoms with Gasteiger partial charge in [-0.3, -0.25) is 4.55 Å². The molecule has 2 aliphatic rings. The van der Waals surface area contributed by atoms with Crippen molar-refractivity contribution in [1.82, 2.24) is 0 Å². The zero-order valence-electron chi connectivity index (χ0n) is 13.7. The minimum Gasteiger partial charge on any atom is -0.479 e. The Bertz CT molecular complexity index is 638. The molecule has 0 aromatic carbocycles. The van der Waals surface area contributed by atoms with Gasteiger partial charge in [0.05, 0.1) is 6.10 Å². The quantitative estimate of drug-likeness (QED) is 0.208. The summed E-state index contributed by atoms with van der Waals surface area (Å²) in [6.45, 7) is 1.21. The van der Waals surface area contributed by atoms with Gasteiger partial charge in [0.1, 0.15) is 36.6 Å². The maximum absolute atomic E-state index is 11.1. The first-order valence-corrected chi connectivity index (χ1v) is 8.95. The largest absolute Gasteiger partial charge is 0.479 e. The summed E-state index contributed by atoms with van der Waals surface area (Å²) in [4.78, 5) is 11.1. The molecule has 15 heteroatoms. The molecule has 0 radical (unpaired) electrons. The third-order valence-electron chi connectivity index (χ3n) is 4.11. The van der Waals surface area contributed by atoms with E-state index in [9.17, 15) is 38.7 Å². The molecule has 0 amide bonds. The third kappa shape index (κ3) is 4.90. The molecule has 2 rings (SSSR count). The minimum atomic E-state index is -5.02. The Morgan fingerprint density at radius 3 is 2.04 bits per heavy atom. The number of hydrogen-bond acceptors (Lipinski definition) is 12. The van der Waals surface area contributed by atoms with Crippen molar-refractivity contribution in [1.29, 1.82) is 0 Å². The summed E-state index contributed by atoms with van der Waals surface area (Å²) < 4.78 is 49.7. The van der Waals surface area contributed by atoms with Gasteiger partial charge < -0.3 is 44.8 Å². The van der Waals surface area contributed by atoms with Crippen LogP contribution in [0.5, 0.6) is 0 Å². The lowest BCUT2D eigenvalue weighted by Crippen LogP contribution is -2.64. The fourth-order valence-corrected chi connectivity index (χ4v) is 3.30. The highest BCUT2D eigenvalue weighted by atomic mass is 32.3. The van der Waals surface area contributed by atoms with Gasteiger partial charge in [-0.2, -0.15) is 8.42 Å². The zero-order valence-corrected chi connectivity index (χ0v) is 14.5. The molecule has 2 aliphatic heterocycles. The van der Waals surface area contributed by atoms with E-state index in [-0.39, 0.29) is 0 Å². The molecule has 2 heterocycles. The second kappa shape index (κ2) is 8.18. The van der Waals surface area contributed by atoms with Crippen molar-refractivity contribution in [2.75, 3.05) is 0 Å². The molecule has 0 spiro atoms. The predicted octanol–water partition coefficient (Wildman–Crippen LogP) is -4.45. The Labute approximate surface area is 152 Å². The topological polar surface area (TPSA) is 230 Å². The monoisotopic (exact) mass is 420 g/mol. The summed E-state index contributed by atoms with van der Waals surface area (Å²) >= 11 is 0. The van der Waals surface area contributed by atoms with Crippen LogP contribution in [-0.4, -0.2) is 111 Å². The van der Waals surface area contributed by atoms with Gasteiger partial charge in [0, 0.05) is 0 Å². The summed E-state index contributed by atoms with van der Waals surface area (Å²) in [5.41, 5.74) is 0. The van der Waals surface area contributed by atoms with Gasteiger partial charge in [-0.25, -0.2) is 8.98 Å². The molecule has 0 aliphatic carbocycles. The average Bonchev–Trinajstić information content (AvgIpc) is 2.54. The van der Waals surface area contributed by atoms with Crippen LogP contribution >= 0.6 is 0 Å². The van der Waals surface area contributed by atoms with E-state index < -0.39 is 77.8 Å². The predicted molar refractivity (Wildman–Crippen MR) is 78.2 cm³/mol. The molecule has 0 saturated carbocycles. The number of rotatable bonds is 5. The Morgan fingerprint density at radius 2 is 1.52 bits per heavy atom. The molecule has 10 atom stereocenters. The van der Waals surface area contributed by atoms with E-state index in [0.717, 1.165) is 0 Å². The lowest BCUT2D eigenvalue weighted by Gasteiger charge is -2.44. The number of aliphatic hydroxyl groups excluding tert-OH is 5. The van der Waals surface area contributed by atoms with E-state index in [1.807, 2.05) is 0 Å². The fourth-order valence-electron chi connectivity index (χ4n) is 2.75. The van der Waals surface area contributed by atoms with E-state index in [1.165, 1.54) is 6.92 Å². The smallest absolute Gasteiger partial charge is 0.397 e. The number of carboxylic acids is 1. The minimum absolute atomic E-state index is 1.21. The lowest BCUT2D eigenvalue weighted by molar-refractivity contribution is -0.353. The van der Waals surface area contributed by atoms with Gasteiger partial charge in [0.25, 0.3) is 0 Å². The Balaban J connectivity index is 2.19. The van der Waals surface area contributed by atoms with Crippen LogP contribution in [0.3, 0.4) is 0 Å². The van der Waals surface area contributed by atoms with Crippen LogP contribution in [0.4, 0.5) is 0 Å². The van der Waals surface area contributed by atoms with E-state index in [4.69, 9.17) is 23.9 Å². The summed E-state index contributed by atoms with van der Waals surface area (Å²) in [7, 11) is -5.02. The first kappa shape index (κ1) is 22.3. The molecule has 0 aromatic heterocycles. The second-order valence-electron chi connectivity index (χ2n) is 6.05. The molecule has 7 N–H and O–H groups in total. The summed E-state index contributed by atoms with van der Waals surface area (Å²) in [6, 6.07) is 0. The van der Waals surface area contributed by atoms with E-state index in [0.29, 0.717) is 0 Å². The first-order chi connectivity index (χ1) is 12.3. The van der Waals surface area contributed by atoms with E-state index in [2.05, 4.69) is 4.18 Å². The number of carboxylic acid groups (broad SMARTS) is 1. The number of ether oxygens (including phenoxy) is 3. The van der Waals surface area contributed by atoms with E-state index in [1.54, 1.807) is 0 Å². The molecule has 0 aromatic rings. The van der Waals surface area contributed by atoms with Crippen molar-refractivity contribution in [2.45, 2.75) is 68.3 Å². The van der Waals surface area contributed by atoms with Crippen LogP contribution < -0.4 is 0 Å². The second-order valence-corrected chi connectivity index (χ2v) is 7.09. The maximum atomic E-state index is 11.1. The number of aliphatic hydroxyl groups is 5. The van der Waals surface area contributed by atoms with Crippen molar-refractivity contribution in [3.63, 3.8) is 0 Å². The first-order valence-electron chi connectivity index (χ1n) is 7.58. The molecule has 0 bridgehead atoms. The number of hydrogen-bond donors (Lipinski definition) is 7. The molecule has 14 nitrogen and oxygen atoms in total. The molecular formula is C12H20O14S. The van der Waals surface area contributed by atoms with Gasteiger partial charge in [-0.1, -0.05) is 0 Å². The van der Waals surface area contributed by atoms with Gasteiger partial charge in [-0.05, 0) is 6.92 Å². The Hall–Kier alpha value is -0.980. The van der Waals surface area contributed by atoms with Crippen molar-refractivity contribution in [3.8, 4) is 0 Å². The summed E-state index contributed by atoms with van der Waals surface area (Å²) in [5.74, 6) is -1.69. The highest BCUT2D eigenvalue weighted by Crippen LogP contribution is 2.30. The molecule has 158 valence electrons. The summed E-state index contributed by atoms with van der Waals surface area (Å²) in [5, 5.41) is 58.3. The van der Waals surface area contributed by atoms with Gasteiger partial charge in [-0.15, -0.1) is 0 Å². The standard InChI is InChI=1S/C12H20O14S/c1-2-7(26-27(20,21)22)6(16)9(11(19)23-2)25-12-5(15)3(13)4(14)8(24-12)10(17)18/h2-9,11-16,19H,1H3,(H,17,18)(H,20,21,22)/t2-,3-,4-,5+,6+,7+,8-,9-,11+,12+/m0/s1. The molecule has 2 saturated heterocycles. The Morgan fingerprint density at radius 1 is 0.926 bits per heavy atom. The van der Waals surface area contributed by atoms with Crippen LogP contribution in [0.25, 0.3) is 0 Å². The highest BCUT2D eigenvalue weighted by molar-refractivity contribution is 7.80. The number of aliphatic carboxylic acids is 1. The third-order valence-corrected chi connectivity index (χ3v) is 4.57. The lowest BCUT2D eigenvalue weighted by atomic mass is 9.97. The van der Waals surface area contributed by atoms with Gasteiger partial charge >= 0.3 is 16.4 Å². The van der Waals surface area contributed by atoms with Crippen molar-refractivity contribution < 1.29 is 66.8 Å². The van der Waals surface area contributed by atoms with Crippen LogP contribution in [-0.2, 0) is 33.6 Å². The van der Waals surface area contributed by atoms with Crippen LogP contribution in [0.1, 0.15) is 6.92 Å². The SMILES string of the molecule is C[C@@H]1O[C@@H](O)[C@@H](O[C@H]2O[C@H](C(=O)O)[C@@H](O)[C@H](O)[C@H]2O)[C@H](O)[C@@H]1OS(=O)(=O)O. The van der Waals surface area contributed by atoms with Crippen LogP contribution in [0, 0.1) is 0 Å². The van der Waals surface area contributed by atoms with Crippen LogP contribution in [0.15, 0.2) is 0 Å². The average molecular weight is 420 g/mol. The fraction of sp³-hybridized carbons (Fsp3) is 0.917. The molecule has 27 heavy (non-hydrogen) atoms. The van der Waals surface area contributed by atoms with Crippen molar-refractivity contribution in [2.24, 2.45) is 0 Å². The van der Waals surface area contributed by atoms with Crippen LogP contribution in [0.2, 0.25) is 0 Å². The highest BCUT2D eigenvalue weighted by Gasteiger charge is 2.52. The zero-order chi connectivity index (χ0) is 20.7. The molecule has 2 fully saturated rings. The molecular weight excluding hydrogens is 400 g/mol. The molecule has 0 unspecified atom stereocenters. The van der Waals surface area contributed by atoms with E-state index >= 15 is 0 Å². The van der Waals surface area contributed by atoms with Crippen molar-refractivity contribution in [3.05, 3.63) is 0 Å². The maximum Gasteiger partial charge on any atom is 0.397 e. The summed E-state index contributed by atoms with van der Waals surface area (Å²) in [6.07, 6.45) is -18.6. The van der Waals surface area contributed by atoms with Gasteiger partial charge in [0.15, 0.2) is 18.7 Å². The number of carbonyl (C=O) groups is 1. The Kier molecular flexibility index (Phi) is 6.76. The normalized spacial score (nSPS) is 46.2. The van der Waals surface area contributed by atoms with Crippen molar-refractivity contribution >= 4 is 16.4 Å².